The largest absolute Gasteiger partial charge is 0.417 e. The lowest BCUT2D eigenvalue weighted by Crippen LogP contribution is -2.26. The summed E-state index contributed by atoms with van der Waals surface area (Å²) in [5.74, 6) is 1.62. The molecule has 2 aliphatic rings. The van der Waals surface area contributed by atoms with E-state index in [1.165, 1.54) is 12.3 Å². The maximum atomic E-state index is 12.3. The highest BCUT2D eigenvalue weighted by molar-refractivity contribution is 5.91. The van der Waals surface area contributed by atoms with Crippen molar-refractivity contribution in [3.8, 4) is 5.88 Å². The number of halogens is 2. The molecule has 2 aromatic rings. The lowest BCUT2D eigenvalue weighted by atomic mass is 10.2. The summed E-state index contributed by atoms with van der Waals surface area (Å²) >= 11 is 0. The number of hydrogen-bond donors (Lipinski definition) is 1. The highest BCUT2D eigenvalue weighted by Gasteiger charge is 2.54. The van der Waals surface area contributed by atoms with Gasteiger partial charge in [0, 0.05) is 56.1 Å². The van der Waals surface area contributed by atoms with Crippen molar-refractivity contribution in [2.24, 2.45) is 17.8 Å². The average molecular weight is 400 g/mol. The number of anilines is 1. The number of nitrogens with one attached hydrogen (secondary N) is 1. The topological polar surface area (TPSA) is 67.4 Å². The minimum atomic E-state index is -2.87. The fraction of sp³-hybridized carbons (Fsp3) is 0.381. The summed E-state index contributed by atoms with van der Waals surface area (Å²) in [6.45, 7) is -0.441. The lowest BCUT2D eigenvalue weighted by molar-refractivity contribution is -0.116. The minimum Gasteiger partial charge on any atom is -0.417 e. The van der Waals surface area contributed by atoms with Crippen molar-refractivity contribution in [3.05, 3.63) is 54.5 Å². The number of aromatic nitrogens is 2. The van der Waals surface area contributed by atoms with Gasteiger partial charge in [0.2, 0.25) is 11.8 Å². The second-order valence-electron chi connectivity index (χ2n) is 7.33. The molecule has 1 saturated carbocycles. The average Bonchev–Trinajstić information content (AvgIpc) is 3.16. The van der Waals surface area contributed by atoms with Gasteiger partial charge in [-0.05, 0) is 47.9 Å². The van der Waals surface area contributed by atoms with Crippen LogP contribution in [0.2, 0.25) is 0 Å². The number of fused-ring (bicyclic) bond motifs is 1. The van der Waals surface area contributed by atoms with Crippen LogP contribution in [-0.4, -0.2) is 42.1 Å². The van der Waals surface area contributed by atoms with Crippen LogP contribution in [0.25, 0.3) is 6.08 Å². The molecular weight excluding hydrogens is 378 g/mol. The molecule has 2 fully saturated rings. The summed E-state index contributed by atoms with van der Waals surface area (Å²) in [5.41, 5.74) is 1.74. The SMILES string of the molecule is O=C(/C=C/c1cccnc1)NCCC1[C@H]2CN(c3ccnc(OC(F)F)c3)C[C@@H]12. The molecule has 1 saturated heterocycles. The summed E-state index contributed by atoms with van der Waals surface area (Å²) < 4.78 is 29.1. The van der Waals surface area contributed by atoms with E-state index in [1.807, 2.05) is 18.2 Å². The maximum Gasteiger partial charge on any atom is 0.388 e. The van der Waals surface area contributed by atoms with E-state index in [0.717, 1.165) is 30.8 Å². The molecule has 0 bridgehead atoms. The molecule has 2 aromatic heterocycles. The Hall–Kier alpha value is -3.03. The Balaban J connectivity index is 1.18. The number of hydrogen-bond acceptors (Lipinski definition) is 5. The Morgan fingerprint density at radius 3 is 2.86 bits per heavy atom. The first kappa shape index (κ1) is 19.3. The van der Waals surface area contributed by atoms with Crippen LogP contribution in [0.15, 0.2) is 48.9 Å². The summed E-state index contributed by atoms with van der Waals surface area (Å²) in [5, 5.41) is 2.93. The van der Waals surface area contributed by atoms with E-state index >= 15 is 0 Å². The molecule has 29 heavy (non-hydrogen) atoms. The molecule has 8 heteroatoms. The zero-order valence-electron chi connectivity index (χ0n) is 15.7. The van der Waals surface area contributed by atoms with Gasteiger partial charge in [-0.1, -0.05) is 6.07 Å². The molecule has 0 spiro atoms. The quantitative estimate of drug-likeness (QED) is 0.690. The number of carbonyl (C=O) groups is 1. The van der Waals surface area contributed by atoms with Crippen molar-refractivity contribution in [1.82, 2.24) is 15.3 Å². The van der Waals surface area contributed by atoms with Gasteiger partial charge in [0.05, 0.1) is 0 Å². The first-order valence-corrected chi connectivity index (χ1v) is 9.62. The van der Waals surface area contributed by atoms with Crippen LogP contribution in [0.5, 0.6) is 5.88 Å². The lowest BCUT2D eigenvalue weighted by Gasteiger charge is -2.22. The Labute approximate surface area is 167 Å². The standard InChI is InChI=1S/C21H22F2N4O2/c22-21(23)29-20-10-15(5-8-26-20)27-12-17-16(18(17)13-27)6-9-25-19(28)4-3-14-2-1-7-24-11-14/h1-5,7-8,10-11,16-18,21H,6,9,12-13H2,(H,25,28)/b4-3+/t16?,17-,18+. The van der Waals surface area contributed by atoms with Gasteiger partial charge in [-0.2, -0.15) is 8.78 Å². The third kappa shape index (κ3) is 4.88. The molecule has 6 nitrogen and oxygen atoms in total. The van der Waals surface area contributed by atoms with Gasteiger partial charge in [-0.25, -0.2) is 4.98 Å². The zero-order chi connectivity index (χ0) is 20.2. The smallest absolute Gasteiger partial charge is 0.388 e. The van der Waals surface area contributed by atoms with Gasteiger partial charge in [-0.15, -0.1) is 0 Å². The van der Waals surface area contributed by atoms with Gasteiger partial charge in [0.15, 0.2) is 0 Å². The molecule has 1 aliphatic carbocycles. The number of rotatable bonds is 8. The van der Waals surface area contributed by atoms with Gasteiger partial charge in [-0.3, -0.25) is 9.78 Å². The number of alkyl halides is 2. The number of amides is 1. The third-order valence-electron chi connectivity index (χ3n) is 5.55. The van der Waals surface area contributed by atoms with Gasteiger partial charge in [0.1, 0.15) is 0 Å². The highest BCUT2D eigenvalue weighted by atomic mass is 19.3. The fourth-order valence-corrected chi connectivity index (χ4v) is 4.11. The van der Waals surface area contributed by atoms with E-state index < -0.39 is 6.61 Å². The molecule has 0 aromatic carbocycles. The maximum absolute atomic E-state index is 12.3. The normalized spacial score (nSPS) is 22.7. The van der Waals surface area contributed by atoms with Crippen LogP contribution in [0, 0.1) is 17.8 Å². The first-order chi connectivity index (χ1) is 14.1. The van der Waals surface area contributed by atoms with Crippen molar-refractivity contribution >= 4 is 17.7 Å². The van der Waals surface area contributed by atoms with Crippen molar-refractivity contribution in [2.45, 2.75) is 13.0 Å². The van der Waals surface area contributed by atoms with E-state index in [-0.39, 0.29) is 11.8 Å². The Bertz CT molecular complexity index is 866. The highest BCUT2D eigenvalue weighted by Crippen LogP contribution is 2.54. The predicted molar refractivity (Wildman–Crippen MR) is 104 cm³/mol. The molecule has 1 amide bonds. The van der Waals surface area contributed by atoms with Gasteiger partial charge in [0.25, 0.3) is 0 Å². The number of piperidine rings is 1. The van der Waals surface area contributed by atoms with Crippen LogP contribution in [0.4, 0.5) is 14.5 Å². The van der Waals surface area contributed by atoms with E-state index in [2.05, 4.69) is 24.9 Å². The van der Waals surface area contributed by atoms with Crippen LogP contribution in [-0.2, 0) is 4.79 Å². The Morgan fingerprint density at radius 2 is 2.14 bits per heavy atom. The Kier molecular flexibility index (Phi) is 5.69. The second-order valence-corrected chi connectivity index (χ2v) is 7.33. The zero-order valence-corrected chi connectivity index (χ0v) is 15.7. The summed E-state index contributed by atoms with van der Waals surface area (Å²) in [7, 11) is 0. The van der Waals surface area contributed by atoms with E-state index in [9.17, 15) is 13.6 Å². The molecule has 1 unspecified atom stereocenters. The van der Waals surface area contributed by atoms with Gasteiger partial charge >= 0.3 is 6.61 Å². The van der Waals surface area contributed by atoms with Crippen molar-refractivity contribution in [3.63, 3.8) is 0 Å². The van der Waals surface area contributed by atoms with Crippen LogP contribution in [0.1, 0.15) is 12.0 Å². The molecule has 3 heterocycles. The summed E-state index contributed by atoms with van der Waals surface area (Å²) in [6.07, 6.45) is 9.10. The van der Waals surface area contributed by atoms with Gasteiger partial charge < -0.3 is 15.0 Å². The summed E-state index contributed by atoms with van der Waals surface area (Å²) in [4.78, 5) is 21.9. The van der Waals surface area contributed by atoms with Crippen molar-refractivity contribution in [2.75, 3.05) is 24.5 Å². The molecule has 4 rings (SSSR count). The Morgan fingerprint density at radius 1 is 1.31 bits per heavy atom. The number of pyridine rings is 2. The van der Waals surface area contributed by atoms with E-state index in [0.29, 0.717) is 24.3 Å². The minimum absolute atomic E-state index is 0.0586. The van der Waals surface area contributed by atoms with E-state index in [4.69, 9.17) is 0 Å². The molecular formula is C21H22F2N4O2. The number of nitrogens with zero attached hydrogens (tertiary/aromatic N) is 3. The van der Waals surface area contributed by atoms with Crippen LogP contribution < -0.4 is 15.0 Å². The number of ether oxygens (including phenoxy) is 1. The molecule has 1 aliphatic heterocycles. The van der Waals surface area contributed by atoms with Crippen LogP contribution >= 0.6 is 0 Å². The molecule has 152 valence electrons. The van der Waals surface area contributed by atoms with Crippen molar-refractivity contribution < 1.29 is 18.3 Å². The predicted octanol–water partition coefficient (Wildman–Crippen LogP) is 2.98. The van der Waals surface area contributed by atoms with Crippen molar-refractivity contribution in [1.29, 1.82) is 0 Å². The summed E-state index contributed by atoms with van der Waals surface area (Å²) in [6, 6.07) is 7.08. The van der Waals surface area contributed by atoms with Crippen LogP contribution in [0.3, 0.4) is 0 Å². The third-order valence-corrected chi connectivity index (χ3v) is 5.55. The monoisotopic (exact) mass is 400 g/mol. The number of carbonyl (C=O) groups excluding carboxylic acids is 1. The second kappa shape index (κ2) is 8.55. The first-order valence-electron chi connectivity index (χ1n) is 9.62. The van der Waals surface area contributed by atoms with E-state index in [1.54, 1.807) is 24.5 Å². The molecule has 3 atom stereocenters. The molecule has 1 N–H and O–H groups in total. The fourth-order valence-electron chi connectivity index (χ4n) is 4.11. The molecule has 0 radical (unpaired) electrons.